The van der Waals surface area contributed by atoms with E-state index in [0.717, 1.165) is 5.56 Å². The van der Waals surface area contributed by atoms with Crippen molar-refractivity contribution in [2.45, 2.75) is 32.1 Å². The number of aryl methyl sites for hydroxylation is 2. The Kier molecular flexibility index (Phi) is 4.54. The molecule has 5 N–H and O–H groups in total. The number of benzene rings is 1. The molecule has 0 atom stereocenters. The fourth-order valence-corrected chi connectivity index (χ4v) is 3.49. The largest absolute Gasteiger partial charge is 0.398 e. The molecule has 7 heteroatoms. The number of sulfonamides is 1. The maximum Gasteiger partial charge on any atom is 0.241 e. The summed E-state index contributed by atoms with van der Waals surface area (Å²) in [5.74, 6) is -0.556. The van der Waals surface area contributed by atoms with Crippen LogP contribution in [-0.4, -0.2) is 20.9 Å². The number of nitrogen functional groups attached to an aromatic ring is 1. The van der Waals surface area contributed by atoms with Crippen LogP contribution in [0.2, 0.25) is 0 Å². The lowest BCUT2D eigenvalue weighted by atomic mass is 10.1. The van der Waals surface area contributed by atoms with Gasteiger partial charge in [-0.1, -0.05) is 6.07 Å². The fraction of sp³-hybridized carbons (Fsp3) is 0.417. The Morgan fingerprint density at radius 2 is 1.84 bits per heavy atom. The highest BCUT2D eigenvalue weighted by Gasteiger charge is 2.21. The zero-order valence-corrected chi connectivity index (χ0v) is 12.1. The number of primary amides is 1. The first-order valence-corrected chi connectivity index (χ1v) is 7.29. The van der Waals surface area contributed by atoms with Gasteiger partial charge in [0.25, 0.3) is 0 Å². The van der Waals surface area contributed by atoms with Gasteiger partial charge in [-0.2, -0.15) is 0 Å². The summed E-state index contributed by atoms with van der Waals surface area (Å²) in [7, 11) is -3.69. The van der Waals surface area contributed by atoms with E-state index in [0.29, 0.717) is 16.8 Å². The van der Waals surface area contributed by atoms with E-state index in [1.54, 1.807) is 19.9 Å². The van der Waals surface area contributed by atoms with E-state index in [2.05, 4.69) is 4.72 Å². The summed E-state index contributed by atoms with van der Waals surface area (Å²) in [4.78, 5) is 10.8. The Labute approximate surface area is 113 Å². The number of amides is 1. The molecule has 0 spiro atoms. The van der Waals surface area contributed by atoms with Crippen molar-refractivity contribution in [3.8, 4) is 0 Å². The SMILES string of the molecule is Cc1cc(C)c(S(=O)(=O)NCCC(N)=O)c(C)c1N. The molecule has 6 nitrogen and oxygen atoms in total. The minimum atomic E-state index is -3.69. The van der Waals surface area contributed by atoms with Crippen LogP contribution in [0.1, 0.15) is 23.1 Å². The van der Waals surface area contributed by atoms with Crippen LogP contribution in [0.5, 0.6) is 0 Å². The van der Waals surface area contributed by atoms with Crippen molar-refractivity contribution in [2.75, 3.05) is 12.3 Å². The van der Waals surface area contributed by atoms with E-state index in [1.165, 1.54) is 0 Å². The second kappa shape index (κ2) is 5.58. The summed E-state index contributed by atoms with van der Waals surface area (Å²) in [6.45, 7) is 5.18. The van der Waals surface area contributed by atoms with Gasteiger partial charge in [-0.3, -0.25) is 4.79 Å². The quantitative estimate of drug-likeness (QED) is 0.677. The van der Waals surface area contributed by atoms with Gasteiger partial charge >= 0.3 is 0 Å². The van der Waals surface area contributed by atoms with Gasteiger partial charge < -0.3 is 11.5 Å². The summed E-state index contributed by atoms with van der Waals surface area (Å²) >= 11 is 0. The molecule has 0 saturated heterocycles. The highest BCUT2D eigenvalue weighted by Crippen LogP contribution is 2.27. The molecule has 0 unspecified atom stereocenters. The Morgan fingerprint density at radius 1 is 1.26 bits per heavy atom. The van der Waals surface area contributed by atoms with Crippen molar-refractivity contribution in [3.63, 3.8) is 0 Å². The molecule has 0 aliphatic carbocycles. The third-order valence-corrected chi connectivity index (χ3v) is 4.64. The summed E-state index contributed by atoms with van der Waals surface area (Å²) < 4.78 is 26.8. The van der Waals surface area contributed by atoms with Crippen LogP contribution >= 0.6 is 0 Å². The molecule has 0 heterocycles. The molecule has 19 heavy (non-hydrogen) atoms. The van der Waals surface area contributed by atoms with E-state index in [1.807, 2.05) is 6.92 Å². The minimum Gasteiger partial charge on any atom is -0.398 e. The molecule has 1 aromatic carbocycles. The monoisotopic (exact) mass is 285 g/mol. The first kappa shape index (κ1) is 15.5. The molecular weight excluding hydrogens is 266 g/mol. The van der Waals surface area contributed by atoms with Crippen LogP contribution < -0.4 is 16.2 Å². The van der Waals surface area contributed by atoms with E-state index in [-0.39, 0.29) is 17.9 Å². The molecule has 0 aliphatic heterocycles. The van der Waals surface area contributed by atoms with Gasteiger partial charge in [0.2, 0.25) is 15.9 Å². The van der Waals surface area contributed by atoms with Crippen molar-refractivity contribution in [2.24, 2.45) is 5.73 Å². The lowest BCUT2D eigenvalue weighted by Crippen LogP contribution is -2.29. The number of rotatable bonds is 5. The predicted molar refractivity (Wildman–Crippen MR) is 74.1 cm³/mol. The van der Waals surface area contributed by atoms with Crippen LogP contribution in [0.3, 0.4) is 0 Å². The molecule has 0 aromatic heterocycles. The first-order valence-electron chi connectivity index (χ1n) is 5.81. The Morgan fingerprint density at radius 3 is 2.37 bits per heavy atom. The second-order valence-electron chi connectivity index (χ2n) is 4.49. The fourth-order valence-electron chi connectivity index (χ4n) is 1.98. The number of anilines is 1. The molecule has 0 saturated carbocycles. The van der Waals surface area contributed by atoms with Crippen LogP contribution in [0, 0.1) is 20.8 Å². The average molecular weight is 285 g/mol. The van der Waals surface area contributed by atoms with Crippen LogP contribution in [-0.2, 0) is 14.8 Å². The standard InChI is InChI=1S/C12H19N3O3S/c1-7-6-8(2)12(9(3)11(7)14)19(17,18)15-5-4-10(13)16/h6,15H,4-5,14H2,1-3H3,(H2,13,16). The Hall–Kier alpha value is -1.60. The molecule has 0 aliphatic rings. The zero-order valence-electron chi connectivity index (χ0n) is 11.3. The highest BCUT2D eigenvalue weighted by molar-refractivity contribution is 7.89. The third-order valence-electron chi connectivity index (χ3n) is 2.89. The lowest BCUT2D eigenvalue weighted by molar-refractivity contribution is -0.117. The average Bonchev–Trinajstić information content (AvgIpc) is 2.24. The number of carbonyl (C=O) groups excluding carboxylic acids is 1. The molecule has 106 valence electrons. The van der Waals surface area contributed by atoms with Crippen molar-refractivity contribution in [1.82, 2.24) is 4.72 Å². The van der Waals surface area contributed by atoms with E-state index in [4.69, 9.17) is 11.5 Å². The molecule has 0 fully saturated rings. The van der Waals surface area contributed by atoms with Crippen LogP contribution in [0.15, 0.2) is 11.0 Å². The van der Waals surface area contributed by atoms with Crippen molar-refractivity contribution < 1.29 is 13.2 Å². The van der Waals surface area contributed by atoms with Gasteiger partial charge in [0.15, 0.2) is 0 Å². The first-order chi connectivity index (χ1) is 8.66. The lowest BCUT2D eigenvalue weighted by Gasteiger charge is -2.15. The molecule has 1 amide bonds. The maximum absolute atomic E-state index is 12.2. The Balaban J connectivity index is 3.15. The number of hydrogen-bond acceptors (Lipinski definition) is 4. The predicted octanol–water partition coefficient (Wildman–Crippen LogP) is 0.348. The van der Waals surface area contributed by atoms with E-state index < -0.39 is 15.9 Å². The zero-order chi connectivity index (χ0) is 14.8. The number of nitrogens with two attached hydrogens (primary N) is 2. The smallest absolute Gasteiger partial charge is 0.241 e. The Bertz CT molecular complexity index is 609. The third kappa shape index (κ3) is 3.45. The number of carbonyl (C=O) groups is 1. The maximum atomic E-state index is 12.2. The van der Waals surface area contributed by atoms with Gasteiger partial charge in [0.1, 0.15) is 0 Å². The summed E-state index contributed by atoms with van der Waals surface area (Å²) in [5.41, 5.74) is 13.3. The van der Waals surface area contributed by atoms with Crippen molar-refractivity contribution >= 4 is 21.6 Å². The van der Waals surface area contributed by atoms with Crippen molar-refractivity contribution in [1.29, 1.82) is 0 Å². The normalized spacial score (nSPS) is 11.5. The molecule has 1 aromatic rings. The van der Waals surface area contributed by atoms with Gasteiger partial charge in [0.05, 0.1) is 4.90 Å². The van der Waals surface area contributed by atoms with Crippen molar-refractivity contribution in [3.05, 3.63) is 22.8 Å². The highest BCUT2D eigenvalue weighted by atomic mass is 32.2. The van der Waals surface area contributed by atoms with Gasteiger partial charge in [-0.05, 0) is 37.5 Å². The number of hydrogen-bond donors (Lipinski definition) is 3. The summed E-state index contributed by atoms with van der Waals surface area (Å²) in [6.07, 6.45) is -0.0430. The second-order valence-corrected chi connectivity index (χ2v) is 6.20. The summed E-state index contributed by atoms with van der Waals surface area (Å²) in [6, 6.07) is 1.73. The van der Waals surface area contributed by atoms with E-state index >= 15 is 0 Å². The van der Waals surface area contributed by atoms with Crippen LogP contribution in [0.25, 0.3) is 0 Å². The minimum absolute atomic E-state index is 0.0235. The molecule has 1 rings (SSSR count). The molecular formula is C12H19N3O3S. The van der Waals surface area contributed by atoms with Gasteiger partial charge in [-0.25, -0.2) is 13.1 Å². The number of nitrogens with one attached hydrogen (secondary N) is 1. The van der Waals surface area contributed by atoms with Gasteiger partial charge in [0, 0.05) is 18.7 Å². The van der Waals surface area contributed by atoms with Gasteiger partial charge in [-0.15, -0.1) is 0 Å². The van der Waals surface area contributed by atoms with Crippen LogP contribution in [0.4, 0.5) is 5.69 Å². The summed E-state index contributed by atoms with van der Waals surface area (Å²) in [5, 5.41) is 0. The topological polar surface area (TPSA) is 115 Å². The van der Waals surface area contributed by atoms with E-state index in [9.17, 15) is 13.2 Å². The molecule has 0 bridgehead atoms. The molecule has 0 radical (unpaired) electrons.